The zero-order valence-electron chi connectivity index (χ0n) is 15.0. The van der Waals surface area contributed by atoms with Crippen LogP contribution in [0, 0.1) is 0 Å². The van der Waals surface area contributed by atoms with Crippen molar-refractivity contribution in [2.75, 3.05) is 20.3 Å². The molecule has 0 spiro atoms. The molecule has 2 aliphatic heterocycles. The number of piperidine rings is 1. The van der Waals surface area contributed by atoms with Gasteiger partial charge in [0.05, 0.1) is 6.61 Å². The summed E-state index contributed by atoms with van der Waals surface area (Å²) in [6.45, 7) is 15.7. The third-order valence-electron chi connectivity index (χ3n) is 5.36. The van der Waals surface area contributed by atoms with Gasteiger partial charge in [0.2, 0.25) is 0 Å². The molecule has 0 saturated carbocycles. The van der Waals surface area contributed by atoms with Gasteiger partial charge in [-0.15, -0.1) is 0 Å². The highest BCUT2D eigenvalue weighted by Gasteiger charge is 2.52. The monoisotopic (exact) mass is 314 g/mol. The van der Waals surface area contributed by atoms with Gasteiger partial charge in [-0.1, -0.05) is 0 Å². The third-order valence-corrected chi connectivity index (χ3v) is 9.32. The first-order valence-electron chi connectivity index (χ1n) is 8.41. The summed E-state index contributed by atoms with van der Waals surface area (Å²) in [7, 11) is 0.244. The average molecular weight is 315 g/mol. The predicted octanol–water partition coefficient (Wildman–Crippen LogP) is 3.38. The van der Waals surface area contributed by atoms with Crippen molar-refractivity contribution in [3.8, 4) is 0 Å². The summed E-state index contributed by atoms with van der Waals surface area (Å²) in [6, 6.07) is 1.89. The molecule has 0 aromatic carbocycles. The minimum Gasteiger partial charge on any atom is -0.406 e. The molecule has 2 heterocycles. The van der Waals surface area contributed by atoms with Crippen molar-refractivity contribution >= 4 is 8.48 Å². The molecule has 0 bridgehead atoms. The van der Waals surface area contributed by atoms with Crippen LogP contribution < -0.4 is 0 Å². The second-order valence-corrected chi connectivity index (χ2v) is 11.9. The molecule has 0 N–H and O–H groups in total. The lowest BCUT2D eigenvalue weighted by Gasteiger charge is -2.56. The van der Waals surface area contributed by atoms with Crippen LogP contribution in [0.15, 0.2) is 0 Å². The van der Waals surface area contributed by atoms with Gasteiger partial charge in [-0.3, -0.25) is 9.40 Å². The molecule has 0 aliphatic carbocycles. The largest absolute Gasteiger partial charge is 0.406 e. The number of rotatable bonds is 4. The summed E-state index contributed by atoms with van der Waals surface area (Å²) in [6.07, 6.45) is 3.61. The number of nitrogens with zero attached hydrogens (tertiary/aromatic N) is 2. The van der Waals surface area contributed by atoms with E-state index in [1.807, 2.05) is 7.11 Å². The summed E-state index contributed by atoms with van der Waals surface area (Å²) < 4.78 is 8.73. The average Bonchev–Trinajstić information content (AvgIpc) is 2.76. The lowest BCUT2D eigenvalue weighted by Crippen LogP contribution is -2.66. The Kier molecular flexibility index (Phi) is 4.91. The summed E-state index contributed by atoms with van der Waals surface area (Å²) >= 11 is 0. The van der Waals surface area contributed by atoms with Crippen LogP contribution in [0.2, 0.25) is 12.6 Å². The highest BCUT2D eigenvalue weighted by molar-refractivity contribution is 6.70. The molecule has 1 atom stereocenters. The molecular formula is C16H34N2O2Si. The SMILES string of the molecule is CCON1C(C)(C)CC(N2CCC[Si]2(C)OC)CC1(C)C. The Labute approximate surface area is 131 Å². The molecule has 2 rings (SSSR count). The standard InChI is InChI=1S/C16H34N2O2Si/c1-8-20-18-15(2,3)12-14(13-16(18,4)5)17-10-9-11-21(17,7)19-6/h14H,8-13H2,1-7H3. The van der Waals surface area contributed by atoms with E-state index in [-0.39, 0.29) is 11.1 Å². The second-order valence-electron chi connectivity index (χ2n) is 8.08. The molecule has 5 heteroatoms. The fourth-order valence-corrected chi connectivity index (χ4v) is 7.78. The van der Waals surface area contributed by atoms with Crippen LogP contribution in [-0.4, -0.2) is 55.5 Å². The van der Waals surface area contributed by atoms with Crippen LogP contribution in [0.5, 0.6) is 0 Å². The Morgan fingerprint density at radius 3 is 2.19 bits per heavy atom. The Hall–Kier alpha value is 0.0569. The maximum Gasteiger partial charge on any atom is 0.268 e. The van der Waals surface area contributed by atoms with Crippen molar-refractivity contribution in [1.29, 1.82) is 0 Å². The van der Waals surface area contributed by atoms with Gasteiger partial charge >= 0.3 is 0 Å². The van der Waals surface area contributed by atoms with E-state index in [2.05, 4.69) is 50.8 Å². The van der Waals surface area contributed by atoms with E-state index in [0.29, 0.717) is 6.04 Å². The minimum absolute atomic E-state index is 0.0636. The summed E-state index contributed by atoms with van der Waals surface area (Å²) in [5.41, 5.74) is 0.127. The molecule has 124 valence electrons. The fraction of sp³-hybridized carbons (Fsp3) is 1.00. The van der Waals surface area contributed by atoms with E-state index >= 15 is 0 Å². The van der Waals surface area contributed by atoms with Crippen molar-refractivity contribution in [2.45, 2.75) is 83.6 Å². The van der Waals surface area contributed by atoms with Crippen LogP contribution in [0.3, 0.4) is 0 Å². The highest BCUT2D eigenvalue weighted by Crippen LogP contribution is 2.43. The molecular weight excluding hydrogens is 280 g/mol. The summed E-state index contributed by atoms with van der Waals surface area (Å²) in [5.74, 6) is 0. The fourth-order valence-electron chi connectivity index (χ4n) is 4.66. The molecule has 0 aromatic rings. The maximum atomic E-state index is 6.00. The van der Waals surface area contributed by atoms with Gasteiger partial charge in [-0.2, -0.15) is 5.06 Å². The smallest absolute Gasteiger partial charge is 0.268 e. The topological polar surface area (TPSA) is 24.9 Å². The van der Waals surface area contributed by atoms with Crippen LogP contribution in [0.4, 0.5) is 0 Å². The Balaban J connectivity index is 2.22. The van der Waals surface area contributed by atoms with Gasteiger partial charge in [0.1, 0.15) is 0 Å². The van der Waals surface area contributed by atoms with E-state index in [0.717, 1.165) is 19.4 Å². The molecule has 2 fully saturated rings. The van der Waals surface area contributed by atoms with E-state index in [1.54, 1.807) is 0 Å². The first-order valence-corrected chi connectivity index (χ1v) is 11.0. The van der Waals surface area contributed by atoms with Gasteiger partial charge in [0.25, 0.3) is 8.48 Å². The maximum absolute atomic E-state index is 6.00. The zero-order chi connectivity index (χ0) is 15.9. The molecule has 2 aliphatic rings. The first-order chi connectivity index (χ1) is 9.66. The predicted molar refractivity (Wildman–Crippen MR) is 89.4 cm³/mol. The molecule has 4 nitrogen and oxygen atoms in total. The van der Waals surface area contributed by atoms with Crippen LogP contribution in [0.25, 0.3) is 0 Å². The van der Waals surface area contributed by atoms with Gasteiger partial charge in [0, 0.05) is 24.2 Å². The number of hydrogen-bond donors (Lipinski definition) is 0. The van der Waals surface area contributed by atoms with E-state index in [4.69, 9.17) is 9.26 Å². The van der Waals surface area contributed by atoms with Crippen molar-refractivity contribution in [3.05, 3.63) is 0 Å². The van der Waals surface area contributed by atoms with E-state index in [9.17, 15) is 0 Å². The van der Waals surface area contributed by atoms with Crippen molar-refractivity contribution in [1.82, 2.24) is 9.63 Å². The van der Waals surface area contributed by atoms with Gasteiger partial charge in [-0.25, -0.2) is 0 Å². The van der Waals surface area contributed by atoms with Crippen LogP contribution >= 0.6 is 0 Å². The quantitative estimate of drug-likeness (QED) is 0.743. The summed E-state index contributed by atoms with van der Waals surface area (Å²) in [4.78, 5) is 6.00. The lowest BCUT2D eigenvalue weighted by molar-refractivity contribution is -0.284. The highest BCUT2D eigenvalue weighted by atomic mass is 28.4. The van der Waals surface area contributed by atoms with Crippen molar-refractivity contribution in [3.63, 3.8) is 0 Å². The van der Waals surface area contributed by atoms with Crippen molar-refractivity contribution in [2.24, 2.45) is 0 Å². The molecule has 0 radical (unpaired) electrons. The Bertz CT molecular complexity index is 357. The van der Waals surface area contributed by atoms with Gasteiger partial charge < -0.3 is 4.43 Å². The molecule has 21 heavy (non-hydrogen) atoms. The Morgan fingerprint density at radius 2 is 1.71 bits per heavy atom. The second kappa shape index (κ2) is 5.93. The van der Waals surface area contributed by atoms with Crippen molar-refractivity contribution < 1.29 is 9.26 Å². The van der Waals surface area contributed by atoms with Gasteiger partial charge in [-0.05, 0) is 73.0 Å². The van der Waals surface area contributed by atoms with Gasteiger partial charge in [0.15, 0.2) is 0 Å². The molecule has 2 saturated heterocycles. The number of hydrogen-bond acceptors (Lipinski definition) is 4. The molecule has 0 aromatic heterocycles. The van der Waals surface area contributed by atoms with E-state index in [1.165, 1.54) is 19.0 Å². The molecule has 0 amide bonds. The van der Waals surface area contributed by atoms with Crippen LogP contribution in [-0.2, 0) is 9.26 Å². The molecule has 1 unspecified atom stereocenters. The zero-order valence-corrected chi connectivity index (χ0v) is 16.0. The minimum atomic E-state index is -1.67. The third kappa shape index (κ3) is 3.22. The lowest BCUT2D eigenvalue weighted by atomic mass is 9.79. The first kappa shape index (κ1) is 17.4. The normalized spacial score (nSPS) is 34.4. The Morgan fingerprint density at radius 1 is 1.14 bits per heavy atom. The van der Waals surface area contributed by atoms with E-state index < -0.39 is 8.48 Å². The number of hydroxylamine groups is 2. The van der Waals surface area contributed by atoms with Crippen LogP contribution in [0.1, 0.15) is 53.9 Å². The summed E-state index contributed by atoms with van der Waals surface area (Å²) in [5, 5.41) is 2.25.